The Morgan fingerprint density at radius 2 is 2.07 bits per heavy atom. The maximum atomic E-state index is 5.61. The average molecular weight is 204 g/mol. The van der Waals surface area contributed by atoms with E-state index in [1.807, 2.05) is 18.2 Å². The normalized spacial score (nSPS) is 9.80. The number of methoxy groups -OCH3 is 1. The van der Waals surface area contributed by atoms with Crippen molar-refractivity contribution in [1.29, 1.82) is 0 Å². The summed E-state index contributed by atoms with van der Waals surface area (Å²) < 4.78 is 10.8. The number of hydrogen-bond donors (Lipinski definition) is 0. The molecule has 1 rings (SSSR count). The fraction of sp³-hybridized carbons (Fsp3) is 0.385. The second-order valence-corrected chi connectivity index (χ2v) is 3.71. The summed E-state index contributed by atoms with van der Waals surface area (Å²) in [6, 6.07) is 5.48. The van der Waals surface area contributed by atoms with Crippen LogP contribution >= 0.6 is 0 Å². The smallest absolute Gasteiger partial charge is 0.162 e. The fourth-order valence-electron chi connectivity index (χ4n) is 1.14. The number of ether oxygens (including phenoxy) is 2. The van der Waals surface area contributed by atoms with Crippen molar-refractivity contribution in [1.82, 2.24) is 0 Å². The minimum Gasteiger partial charge on any atom is -0.493 e. The summed E-state index contributed by atoms with van der Waals surface area (Å²) in [6.45, 7) is 4.85. The molecule has 0 aromatic heterocycles. The molecule has 0 saturated heterocycles. The zero-order valence-corrected chi connectivity index (χ0v) is 9.41. The second-order valence-electron chi connectivity index (χ2n) is 3.71. The standard InChI is InChI=1S/C13H16O2/c1-5-11-6-7-12(14-4)13(8-11)15-9-10(2)3/h1,6-8,10H,9H2,2-4H3. The van der Waals surface area contributed by atoms with Gasteiger partial charge in [0.2, 0.25) is 0 Å². The van der Waals surface area contributed by atoms with Crippen LogP contribution < -0.4 is 9.47 Å². The van der Waals surface area contributed by atoms with E-state index in [2.05, 4.69) is 19.8 Å². The molecule has 0 bridgehead atoms. The van der Waals surface area contributed by atoms with Crippen LogP contribution in [0.3, 0.4) is 0 Å². The fourth-order valence-corrected chi connectivity index (χ4v) is 1.14. The third-order valence-corrected chi connectivity index (χ3v) is 1.90. The molecule has 2 nitrogen and oxygen atoms in total. The van der Waals surface area contributed by atoms with Gasteiger partial charge in [0.15, 0.2) is 11.5 Å². The van der Waals surface area contributed by atoms with Crippen molar-refractivity contribution in [2.45, 2.75) is 13.8 Å². The lowest BCUT2D eigenvalue weighted by Crippen LogP contribution is -2.05. The molecule has 0 N–H and O–H groups in total. The van der Waals surface area contributed by atoms with Gasteiger partial charge in [-0.15, -0.1) is 6.42 Å². The summed E-state index contributed by atoms with van der Waals surface area (Å²) in [5, 5.41) is 0. The molecule has 1 aromatic carbocycles. The molecule has 0 heterocycles. The zero-order valence-electron chi connectivity index (χ0n) is 9.41. The van der Waals surface area contributed by atoms with Crippen LogP contribution in [0.25, 0.3) is 0 Å². The van der Waals surface area contributed by atoms with Crippen molar-refractivity contribution >= 4 is 0 Å². The van der Waals surface area contributed by atoms with Crippen molar-refractivity contribution in [2.75, 3.05) is 13.7 Å². The van der Waals surface area contributed by atoms with E-state index in [9.17, 15) is 0 Å². The Labute approximate surface area is 91.2 Å². The number of rotatable bonds is 4. The lowest BCUT2D eigenvalue weighted by Gasteiger charge is -2.12. The highest BCUT2D eigenvalue weighted by Gasteiger charge is 2.05. The topological polar surface area (TPSA) is 18.5 Å². The largest absolute Gasteiger partial charge is 0.493 e. The van der Waals surface area contributed by atoms with Gasteiger partial charge in [-0.25, -0.2) is 0 Å². The predicted octanol–water partition coefficient (Wildman–Crippen LogP) is 2.71. The highest BCUT2D eigenvalue weighted by Crippen LogP contribution is 2.28. The highest BCUT2D eigenvalue weighted by atomic mass is 16.5. The van der Waals surface area contributed by atoms with Crippen LogP contribution in [-0.4, -0.2) is 13.7 Å². The molecule has 15 heavy (non-hydrogen) atoms. The molecular formula is C13H16O2. The Kier molecular flexibility index (Phi) is 4.05. The van der Waals surface area contributed by atoms with E-state index in [0.29, 0.717) is 18.3 Å². The van der Waals surface area contributed by atoms with Crippen LogP contribution in [0.5, 0.6) is 11.5 Å². The van der Waals surface area contributed by atoms with Gasteiger partial charge >= 0.3 is 0 Å². The minimum absolute atomic E-state index is 0.476. The minimum atomic E-state index is 0.476. The Morgan fingerprint density at radius 3 is 2.60 bits per heavy atom. The second kappa shape index (κ2) is 5.31. The van der Waals surface area contributed by atoms with E-state index in [4.69, 9.17) is 15.9 Å². The van der Waals surface area contributed by atoms with Gasteiger partial charge in [-0.05, 0) is 24.1 Å². The number of terminal acetylenes is 1. The van der Waals surface area contributed by atoms with Gasteiger partial charge in [0.25, 0.3) is 0 Å². The van der Waals surface area contributed by atoms with E-state index < -0.39 is 0 Å². The van der Waals surface area contributed by atoms with Gasteiger partial charge in [-0.3, -0.25) is 0 Å². The quantitative estimate of drug-likeness (QED) is 0.702. The Morgan fingerprint density at radius 1 is 1.33 bits per heavy atom. The number of benzene rings is 1. The highest BCUT2D eigenvalue weighted by molar-refractivity contribution is 5.47. The molecule has 0 spiro atoms. The molecule has 2 heteroatoms. The first kappa shape index (κ1) is 11.5. The first-order valence-electron chi connectivity index (χ1n) is 4.94. The van der Waals surface area contributed by atoms with Crippen molar-refractivity contribution in [3.63, 3.8) is 0 Å². The summed E-state index contributed by atoms with van der Waals surface area (Å²) in [5.74, 6) is 4.47. The molecule has 0 saturated carbocycles. The summed E-state index contributed by atoms with van der Waals surface area (Å²) in [7, 11) is 1.62. The summed E-state index contributed by atoms with van der Waals surface area (Å²) in [6.07, 6.45) is 5.32. The molecule has 0 fully saturated rings. The molecule has 0 aliphatic carbocycles. The summed E-state index contributed by atoms with van der Waals surface area (Å²) in [5.41, 5.74) is 0.801. The van der Waals surface area contributed by atoms with Crippen LogP contribution in [0.2, 0.25) is 0 Å². The monoisotopic (exact) mass is 204 g/mol. The van der Waals surface area contributed by atoms with Crippen LogP contribution in [0, 0.1) is 18.3 Å². The van der Waals surface area contributed by atoms with Crippen LogP contribution in [0.1, 0.15) is 19.4 Å². The van der Waals surface area contributed by atoms with Gasteiger partial charge in [0.05, 0.1) is 13.7 Å². The Balaban J connectivity index is 2.87. The molecule has 0 aliphatic rings. The van der Waals surface area contributed by atoms with Gasteiger partial charge in [0, 0.05) is 5.56 Å². The maximum absolute atomic E-state index is 5.61. The van der Waals surface area contributed by atoms with Gasteiger partial charge in [0.1, 0.15) is 0 Å². The van der Waals surface area contributed by atoms with Crippen molar-refractivity contribution in [3.8, 4) is 23.8 Å². The van der Waals surface area contributed by atoms with Crippen LogP contribution in [-0.2, 0) is 0 Å². The molecule has 1 aromatic rings. The van der Waals surface area contributed by atoms with E-state index in [-0.39, 0.29) is 0 Å². The first-order chi connectivity index (χ1) is 7.17. The van der Waals surface area contributed by atoms with Gasteiger partial charge in [-0.1, -0.05) is 19.8 Å². The van der Waals surface area contributed by atoms with Gasteiger partial charge < -0.3 is 9.47 Å². The Hall–Kier alpha value is -1.62. The van der Waals surface area contributed by atoms with Gasteiger partial charge in [-0.2, -0.15) is 0 Å². The SMILES string of the molecule is C#Cc1ccc(OC)c(OCC(C)C)c1. The first-order valence-corrected chi connectivity index (χ1v) is 4.94. The zero-order chi connectivity index (χ0) is 11.3. The number of hydrogen-bond acceptors (Lipinski definition) is 2. The molecule has 0 radical (unpaired) electrons. The lowest BCUT2D eigenvalue weighted by atomic mass is 10.2. The van der Waals surface area contributed by atoms with Crippen LogP contribution in [0.4, 0.5) is 0 Å². The Bertz CT molecular complexity index is 361. The van der Waals surface area contributed by atoms with E-state index in [1.54, 1.807) is 7.11 Å². The molecular weight excluding hydrogens is 188 g/mol. The predicted molar refractivity (Wildman–Crippen MR) is 61.3 cm³/mol. The average Bonchev–Trinajstić information content (AvgIpc) is 2.25. The third kappa shape index (κ3) is 3.21. The molecule has 0 amide bonds. The molecule has 0 atom stereocenters. The van der Waals surface area contributed by atoms with E-state index in [0.717, 1.165) is 11.3 Å². The summed E-state index contributed by atoms with van der Waals surface area (Å²) >= 11 is 0. The lowest BCUT2D eigenvalue weighted by molar-refractivity contribution is 0.257. The third-order valence-electron chi connectivity index (χ3n) is 1.90. The molecule has 0 unspecified atom stereocenters. The van der Waals surface area contributed by atoms with Crippen molar-refractivity contribution < 1.29 is 9.47 Å². The van der Waals surface area contributed by atoms with E-state index >= 15 is 0 Å². The maximum Gasteiger partial charge on any atom is 0.162 e. The molecule has 0 aliphatic heterocycles. The van der Waals surface area contributed by atoms with Crippen molar-refractivity contribution in [2.24, 2.45) is 5.92 Å². The van der Waals surface area contributed by atoms with E-state index in [1.165, 1.54) is 0 Å². The summed E-state index contributed by atoms with van der Waals surface area (Å²) in [4.78, 5) is 0. The molecule has 80 valence electrons. The van der Waals surface area contributed by atoms with Crippen molar-refractivity contribution in [3.05, 3.63) is 23.8 Å². The van der Waals surface area contributed by atoms with Crippen LogP contribution in [0.15, 0.2) is 18.2 Å².